The minimum Gasteiger partial charge on any atom is -0.314 e. The van der Waals surface area contributed by atoms with E-state index in [0.29, 0.717) is 6.04 Å². The number of piperazine rings is 1. The Hall–Kier alpha value is -1.16. The maximum absolute atomic E-state index is 4.04. The Bertz CT molecular complexity index is 540. The van der Waals surface area contributed by atoms with Gasteiger partial charge in [0, 0.05) is 30.9 Å². The number of nitrogens with zero attached hydrogens (tertiary/aromatic N) is 1. The van der Waals surface area contributed by atoms with Gasteiger partial charge < -0.3 is 5.32 Å². The second kappa shape index (κ2) is 5.22. The van der Waals surface area contributed by atoms with Gasteiger partial charge in [-0.1, -0.05) is 24.3 Å². The van der Waals surface area contributed by atoms with Crippen molar-refractivity contribution in [2.75, 3.05) is 26.2 Å². The second-order valence-electron chi connectivity index (χ2n) is 4.65. The van der Waals surface area contributed by atoms with E-state index in [1.807, 2.05) is 11.3 Å². The van der Waals surface area contributed by atoms with E-state index >= 15 is 0 Å². The molecule has 94 valence electrons. The molecule has 3 rings (SSSR count). The molecule has 0 amide bonds. The van der Waals surface area contributed by atoms with Gasteiger partial charge in [0.15, 0.2) is 0 Å². The molecule has 0 saturated carbocycles. The Balaban J connectivity index is 1.97. The monoisotopic (exact) mass is 258 g/mol. The first-order valence-electron chi connectivity index (χ1n) is 6.43. The lowest BCUT2D eigenvalue weighted by molar-refractivity contribution is 0.204. The van der Waals surface area contributed by atoms with E-state index in [4.69, 9.17) is 0 Å². The molecule has 1 atom stereocenters. The van der Waals surface area contributed by atoms with Crippen LogP contribution in [0.2, 0.25) is 0 Å². The van der Waals surface area contributed by atoms with Crippen molar-refractivity contribution in [3.8, 4) is 0 Å². The van der Waals surface area contributed by atoms with Crippen molar-refractivity contribution < 1.29 is 0 Å². The quantitative estimate of drug-likeness (QED) is 0.851. The standard InChI is InChI=1S/C15H18N2S/c1-2-14(17-9-7-16-8-10-17)13-11-18-15-6-4-3-5-12(13)15/h2-6,11,14,16H,1,7-10H2/t14-/m0/s1. The van der Waals surface area contributed by atoms with Crippen LogP contribution in [0.15, 0.2) is 42.3 Å². The van der Waals surface area contributed by atoms with Crippen LogP contribution in [0, 0.1) is 0 Å². The van der Waals surface area contributed by atoms with E-state index in [9.17, 15) is 0 Å². The molecule has 0 aliphatic carbocycles. The summed E-state index contributed by atoms with van der Waals surface area (Å²) in [6, 6.07) is 9.00. The van der Waals surface area contributed by atoms with Crippen molar-refractivity contribution in [2.45, 2.75) is 6.04 Å². The molecule has 0 unspecified atom stereocenters. The van der Waals surface area contributed by atoms with Crippen LogP contribution < -0.4 is 5.32 Å². The van der Waals surface area contributed by atoms with Crippen molar-refractivity contribution in [2.24, 2.45) is 0 Å². The van der Waals surface area contributed by atoms with E-state index < -0.39 is 0 Å². The fraction of sp³-hybridized carbons (Fsp3) is 0.333. The maximum Gasteiger partial charge on any atom is 0.0544 e. The van der Waals surface area contributed by atoms with Crippen LogP contribution in [0.5, 0.6) is 0 Å². The summed E-state index contributed by atoms with van der Waals surface area (Å²) in [6.45, 7) is 8.39. The first kappa shape index (κ1) is 11.9. The third-order valence-corrected chi connectivity index (χ3v) is 4.58. The Morgan fingerprint density at radius 2 is 2.06 bits per heavy atom. The molecular formula is C15H18N2S. The van der Waals surface area contributed by atoms with Crippen LogP contribution in [0.1, 0.15) is 11.6 Å². The summed E-state index contributed by atoms with van der Waals surface area (Å²) in [5, 5.41) is 7.07. The van der Waals surface area contributed by atoms with E-state index in [2.05, 4.69) is 52.5 Å². The highest BCUT2D eigenvalue weighted by atomic mass is 32.1. The largest absolute Gasteiger partial charge is 0.314 e. The van der Waals surface area contributed by atoms with E-state index in [1.54, 1.807) is 0 Å². The fourth-order valence-corrected chi connectivity index (χ4v) is 3.65. The summed E-state index contributed by atoms with van der Waals surface area (Å²) in [4.78, 5) is 2.51. The van der Waals surface area contributed by atoms with Gasteiger partial charge in [-0.25, -0.2) is 0 Å². The highest BCUT2D eigenvalue weighted by Gasteiger charge is 2.21. The van der Waals surface area contributed by atoms with Gasteiger partial charge in [0.1, 0.15) is 0 Å². The highest BCUT2D eigenvalue weighted by Crippen LogP contribution is 2.33. The number of hydrogen-bond donors (Lipinski definition) is 1. The lowest BCUT2D eigenvalue weighted by atomic mass is 10.0. The van der Waals surface area contributed by atoms with Crippen LogP contribution in [0.25, 0.3) is 10.1 Å². The summed E-state index contributed by atoms with van der Waals surface area (Å²) >= 11 is 1.83. The summed E-state index contributed by atoms with van der Waals surface area (Å²) in [7, 11) is 0. The minimum atomic E-state index is 0.350. The van der Waals surface area contributed by atoms with E-state index in [-0.39, 0.29) is 0 Å². The molecule has 1 aliphatic rings. The molecule has 2 nitrogen and oxygen atoms in total. The van der Waals surface area contributed by atoms with Crippen molar-refractivity contribution in [1.82, 2.24) is 10.2 Å². The minimum absolute atomic E-state index is 0.350. The molecule has 3 heteroatoms. The van der Waals surface area contributed by atoms with Crippen molar-refractivity contribution in [3.05, 3.63) is 47.9 Å². The normalized spacial score (nSPS) is 18.9. The molecule has 2 aromatic rings. The second-order valence-corrected chi connectivity index (χ2v) is 5.56. The summed E-state index contributed by atoms with van der Waals surface area (Å²) in [5.74, 6) is 0. The summed E-state index contributed by atoms with van der Waals surface area (Å²) in [6.07, 6.45) is 2.08. The predicted molar refractivity (Wildman–Crippen MR) is 79.2 cm³/mol. The third-order valence-electron chi connectivity index (χ3n) is 3.60. The van der Waals surface area contributed by atoms with Gasteiger partial charge in [-0.15, -0.1) is 17.9 Å². The van der Waals surface area contributed by atoms with Gasteiger partial charge in [0.25, 0.3) is 0 Å². The molecule has 1 saturated heterocycles. The lowest BCUT2D eigenvalue weighted by Crippen LogP contribution is -2.44. The van der Waals surface area contributed by atoms with Crippen LogP contribution in [0.3, 0.4) is 0 Å². The molecule has 1 N–H and O–H groups in total. The summed E-state index contributed by atoms with van der Waals surface area (Å²) in [5.41, 5.74) is 1.41. The number of rotatable bonds is 3. The van der Waals surface area contributed by atoms with Crippen LogP contribution in [0.4, 0.5) is 0 Å². The fourth-order valence-electron chi connectivity index (χ4n) is 2.66. The molecule has 18 heavy (non-hydrogen) atoms. The van der Waals surface area contributed by atoms with Crippen molar-refractivity contribution in [3.63, 3.8) is 0 Å². The Labute approximate surface area is 112 Å². The average Bonchev–Trinajstić information content (AvgIpc) is 2.85. The zero-order chi connectivity index (χ0) is 12.4. The molecular weight excluding hydrogens is 240 g/mol. The van der Waals surface area contributed by atoms with Crippen molar-refractivity contribution >= 4 is 21.4 Å². The first-order chi connectivity index (χ1) is 8.90. The lowest BCUT2D eigenvalue weighted by Gasteiger charge is -2.33. The highest BCUT2D eigenvalue weighted by molar-refractivity contribution is 7.17. The zero-order valence-corrected chi connectivity index (χ0v) is 11.2. The molecule has 1 aromatic carbocycles. The Morgan fingerprint density at radius 1 is 1.28 bits per heavy atom. The van der Waals surface area contributed by atoms with Crippen LogP contribution >= 0.6 is 11.3 Å². The Morgan fingerprint density at radius 3 is 2.83 bits per heavy atom. The molecule has 1 fully saturated rings. The van der Waals surface area contributed by atoms with Crippen molar-refractivity contribution in [1.29, 1.82) is 0 Å². The van der Waals surface area contributed by atoms with Gasteiger partial charge in [0.05, 0.1) is 6.04 Å². The molecule has 0 bridgehead atoms. The van der Waals surface area contributed by atoms with Crippen LogP contribution in [-0.2, 0) is 0 Å². The Kier molecular flexibility index (Phi) is 3.46. The molecule has 1 aliphatic heterocycles. The predicted octanol–water partition coefficient (Wildman–Crippen LogP) is 3.03. The molecule has 1 aromatic heterocycles. The van der Waals surface area contributed by atoms with E-state index in [1.165, 1.54) is 15.6 Å². The van der Waals surface area contributed by atoms with Gasteiger partial charge in [-0.05, 0) is 22.4 Å². The first-order valence-corrected chi connectivity index (χ1v) is 7.31. The van der Waals surface area contributed by atoms with Crippen LogP contribution in [-0.4, -0.2) is 31.1 Å². The van der Waals surface area contributed by atoms with E-state index in [0.717, 1.165) is 26.2 Å². The molecule has 2 heterocycles. The van der Waals surface area contributed by atoms with Gasteiger partial charge >= 0.3 is 0 Å². The maximum atomic E-state index is 4.04. The molecule has 0 radical (unpaired) electrons. The SMILES string of the molecule is C=C[C@@H](c1csc2ccccc12)N1CCNCC1. The molecule has 0 spiro atoms. The van der Waals surface area contributed by atoms with Gasteiger partial charge in [-0.2, -0.15) is 0 Å². The summed E-state index contributed by atoms with van der Waals surface area (Å²) < 4.78 is 1.37. The smallest absolute Gasteiger partial charge is 0.0544 e. The third kappa shape index (κ3) is 2.09. The van der Waals surface area contributed by atoms with Gasteiger partial charge in [-0.3, -0.25) is 4.90 Å². The zero-order valence-electron chi connectivity index (χ0n) is 10.4. The number of nitrogens with one attached hydrogen (secondary N) is 1. The number of fused-ring (bicyclic) bond motifs is 1. The average molecular weight is 258 g/mol. The number of hydrogen-bond acceptors (Lipinski definition) is 3. The topological polar surface area (TPSA) is 15.3 Å². The van der Waals surface area contributed by atoms with Gasteiger partial charge in [0.2, 0.25) is 0 Å². The number of thiophene rings is 1. The number of benzene rings is 1.